The summed E-state index contributed by atoms with van der Waals surface area (Å²) in [5.41, 5.74) is 0.427. The van der Waals surface area contributed by atoms with Crippen LogP contribution < -0.4 is 5.32 Å². The average Bonchev–Trinajstić information content (AvgIpc) is 2.40. The van der Waals surface area contributed by atoms with Crippen LogP contribution in [0.4, 0.5) is 4.39 Å². The molecule has 1 saturated carbocycles. The van der Waals surface area contributed by atoms with Crippen molar-refractivity contribution in [2.45, 2.75) is 37.1 Å². The summed E-state index contributed by atoms with van der Waals surface area (Å²) in [6.07, 6.45) is -0.209. The van der Waals surface area contributed by atoms with Gasteiger partial charge in [0.2, 0.25) is 5.91 Å². The van der Waals surface area contributed by atoms with Crippen LogP contribution in [0.25, 0.3) is 0 Å². The quantitative estimate of drug-likeness (QED) is 0.463. The van der Waals surface area contributed by atoms with E-state index in [0.717, 1.165) is 0 Å². The van der Waals surface area contributed by atoms with Gasteiger partial charge in [-0.15, -0.1) is 11.6 Å². The first kappa shape index (κ1) is 16.4. The van der Waals surface area contributed by atoms with Crippen LogP contribution >= 0.6 is 11.6 Å². The zero-order valence-electron chi connectivity index (χ0n) is 11.3. The highest BCUT2D eigenvalue weighted by molar-refractivity contribution is 6.21. The summed E-state index contributed by atoms with van der Waals surface area (Å²) >= 11 is 5.83. The Labute approximate surface area is 118 Å². The van der Waals surface area contributed by atoms with Gasteiger partial charge >= 0.3 is 0 Å². The molecule has 0 saturated heterocycles. The minimum Gasteiger partial charge on any atom is -0.354 e. The second kappa shape index (κ2) is 7.82. The number of alkyl halides is 2. The molecular weight excluding hydrogens is 273 g/mol. The summed E-state index contributed by atoms with van der Waals surface area (Å²) in [4.78, 5) is 11.8. The maximum Gasteiger partial charge on any atom is 0.220 e. The van der Waals surface area contributed by atoms with Crippen LogP contribution in [0.3, 0.4) is 0 Å². The third-order valence-corrected chi connectivity index (χ3v) is 3.85. The molecule has 0 radical (unpaired) electrons. The topological polar surface area (TPSA) is 47.6 Å². The lowest BCUT2D eigenvalue weighted by atomic mass is 9.81. The molecule has 1 N–H and O–H groups in total. The Morgan fingerprint density at radius 1 is 1.53 bits per heavy atom. The molecule has 3 unspecified atom stereocenters. The zero-order chi connectivity index (χ0) is 14.4. The number of carbonyl (C=O) groups excluding carboxylic acids is 1. The third kappa shape index (κ3) is 4.75. The molecule has 110 valence electrons. The van der Waals surface area contributed by atoms with E-state index in [9.17, 15) is 9.18 Å². The van der Waals surface area contributed by atoms with Gasteiger partial charge in [0.25, 0.3) is 0 Å². The number of halogens is 2. The normalized spacial score (nSPS) is 27.6. The van der Waals surface area contributed by atoms with E-state index in [2.05, 4.69) is 11.9 Å². The largest absolute Gasteiger partial charge is 0.354 e. The Hall–Kier alpha value is -0.650. The first-order chi connectivity index (χ1) is 8.99. The van der Waals surface area contributed by atoms with E-state index in [1.807, 2.05) is 0 Å². The Morgan fingerprint density at radius 2 is 2.16 bits per heavy atom. The average molecular weight is 294 g/mol. The molecule has 19 heavy (non-hydrogen) atoms. The number of ether oxygens (including phenoxy) is 2. The van der Waals surface area contributed by atoms with Gasteiger partial charge in [-0.05, 0) is 24.3 Å². The highest BCUT2D eigenvalue weighted by atomic mass is 35.5. The number of hydrogen-bond acceptors (Lipinski definition) is 3. The highest BCUT2D eigenvalue weighted by Crippen LogP contribution is 2.35. The van der Waals surface area contributed by atoms with Crippen molar-refractivity contribution in [1.29, 1.82) is 0 Å². The van der Waals surface area contributed by atoms with Crippen molar-refractivity contribution in [2.75, 3.05) is 20.8 Å². The second-order valence-corrected chi connectivity index (χ2v) is 5.24. The summed E-state index contributed by atoms with van der Waals surface area (Å²) in [5.74, 6) is -0.306. The summed E-state index contributed by atoms with van der Waals surface area (Å²) in [6, 6.07) is 0. The van der Waals surface area contributed by atoms with E-state index in [4.69, 9.17) is 21.1 Å². The smallest absolute Gasteiger partial charge is 0.220 e. The van der Waals surface area contributed by atoms with Gasteiger partial charge in [-0.1, -0.05) is 6.58 Å². The van der Waals surface area contributed by atoms with Crippen molar-refractivity contribution >= 4 is 17.5 Å². The molecule has 0 aromatic carbocycles. The van der Waals surface area contributed by atoms with E-state index in [1.54, 1.807) is 0 Å². The number of nitrogens with one attached hydrogen (secondary N) is 1. The number of hydrogen-bond donors (Lipinski definition) is 1. The Bertz CT molecular complexity index is 323. The molecule has 1 fully saturated rings. The molecule has 0 aromatic heterocycles. The van der Waals surface area contributed by atoms with Gasteiger partial charge < -0.3 is 14.8 Å². The van der Waals surface area contributed by atoms with Crippen LogP contribution in [0.15, 0.2) is 12.2 Å². The fraction of sp³-hybridized carbons (Fsp3) is 0.769. The molecule has 1 aliphatic carbocycles. The highest BCUT2D eigenvalue weighted by Gasteiger charge is 2.33. The number of amides is 1. The Balaban J connectivity index is 2.38. The van der Waals surface area contributed by atoms with E-state index < -0.39 is 17.8 Å². The summed E-state index contributed by atoms with van der Waals surface area (Å²) in [5, 5.41) is 2.18. The molecule has 6 heteroatoms. The lowest BCUT2D eigenvalue weighted by molar-refractivity contribution is -0.128. The van der Waals surface area contributed by atoms with Gasteiger partial charge in [0.15, 0.2) is 6.29 Å². The van der Waals surface area contributed by atoms with Crippen LogP contribution in [0.5, 0.6) is 0 Å². The van der Waals surface area contributed by atoms with Gasteiger partial charge in [0, 0.05) is 20.6 Å². The molecule has 0 bridgehead atoms. The van der Waals surface area contributed by atoms with Gasteiger partial charge in [0.1, 0.15) is 6.17 Å². The molecule has 3 atom stereocenters. The SMILES string of the molecule is C=C1C(CC(=O)NCC(OC)OC)CCC(Cl)C1F. The van der Waals surface area contributed by atoms with Crippen molar-refractivity contribution < 1.29 is 18.7 Å². The molecule has 1 aliphatic rings. The van der Waals surface area contributed by atoms with E-state index >= 15 is 0 Å². The zero-order valence-corrected chi connectivity index (χ0v) is 12.1. The predicted molar refractivity (Wildman–Crippen MR) is 71.8 cm³/mol. The standard InChI is InChI=1S/C13H21ClFNO3/c1-8-9(4-5-10(14)13(8)15)6-11(17)16-7-12(18-2)19-3/h9-10,12-13H,1,4-7H2,2-3H3,(H,16,17). The van der Waals surface area contributed by atoms with Crippen LogP contribution in [0.1, 0.15) is 19.3 Å². The molecule has 0 aromatic rings. The number of allylic oxidation sites excluding steroid dienone is 1. The van der Waals surface area contributed by atoms with E-state index in [1.165, 1.54) is 14.2 Å². The van der Waals surface area contributed by atoms with Crippen molar-refractivity contribution in [1.82, 2.24) is 5.32 Å². The van der Waals surface area contributed by atoms with Crippen molar-refractivity contribution in [3.05, 3.63) is 12.2 Å². The maximum atomic E-state index is 13.7. The molecule has 0 spiro atoms. The Kier molecular flexibility index (Phi) is 6.75. The first-order valence-corrected chi connectivity index (χ1v) is 6.72. The molecule has 0 aliphatic heterocycles. The molecule has 1 amide bonds. The van der Waals surface area contributed by atoms with Crippen molar-refractivity contribution in [3.8, 4) is 0 Å². The molecule has 1 rings (SSSR count). The van der Waals surface area contributed by atoms with Gasteiger partial charge in [-0.25, -0.2) is 4.39 Å². The van der Waals surface area contributed by atoms with Gasteiger partial charge in [-0.3, -0.25) is 4.79 Å². The molecular formula is C13H21ClFNO3. The van der Waals surface area contributed by atoms with Crippen LogP contribution in [0.2, 0.25) is 0 Å². The summed E-state index contributed by atoms with van der Waals surface area (Å²) in [6.45, 7) is 3.98. The first-order valence-electron chi connectivity index (χ1n) is 6.28. The molecule has 4 nitrogen and oxygen atoms in total. The Morgan fingerprint density at radius 3 is 2.74 bits per heavy atom. The minimum atomic E-state index is -1.22. The molecule has 0 heterocycles. The number of rotatable bonds is 6. The summed E-state index contributed by atoms with van der Waals surface area (Å²) in [7, 11) is 3.00. The van der Waals surface area contributed by atoms with Crippen LogP contribution in [0, 0.1) is 5.92 Å². The van der Waals surface area contributed by atoms with E-state index in [-0.39, 0.29) is 24.8 Å². The van der Waals surface area contributed by atoms with Gasteiger partial charge in [0.05, 0.1) is 11.9 Å². The lowest BCUT2D eigenvalue weighted by Crippen LogP contribution is -2.37. The summed E-state index contributed by atoms with van der Waals surface area (Å²) < 4.78 is 23.6. The number of carbonyl (C=O) groups is 1. The van der Waals surface area contributed by atoms with E-state index in [0.29, 0.717) is 18.4 Å². The fourth-order valence-corrected chi connectivity index (χ4v) is 2.43. The van der Waals surface area contributed by atoms with Crippen molar-refractivity contribution in [3.63, 3.8) is 0 Å². The second-order valence-electron chi connectivity index (χ2n) is 4.68. The van der Waals surface area contributed by atoms with Crippen LogP contribution in [-0.4, -0.2) is 44.5 Å². The van der Waals surface area contributed by atoms with Crippen molar-refractivity contribution in [2.24, 2.45) is 5.92 Å². The minimum absolute atomic E-state index is 0.145. The maximum absolute atomic E-state index is 13.7. The lowest BCUT2D eigenvalue weighted by Gasteiger charge is -2.30. The number of methoxy groups -OCH3 is 2. The predicted octanol–water partition coefficient (Wildman–Crippen LogP) is 2.02. The fourth-order valence-electron chi connectivity index (χ4n) is 2.14. The monoisotopic (exact) mass is 293 g/mol. The third-order valence-electron chi connectivity index (χ3n) is 3.41. The van der Waals surface area contributed by atoms with Crippen LogP contribution in [-0.2, 0) is 14.3 Å². The van der Waals surface area contributed by atoms with Gasteiger partial charge in [-0.2, -0.15) is 0 Å².